The molecule has 0 saturated carbocycles. The predicted molar refractivity (Wildman–Crippen MR) is 122 cm³/mol. The maximum atomic E-state index is 5.75. The number of nitrogens with one attached hydrogen (secondary N) is 1. The number of hydrogen-bond acceptors (Lipinski definition) is 4. The topological polar surface area (TPSA) is 55.2 Å². The van der Waals surface area contributed by atoms with Gasteiger partial charge in [-0.25, -0.2) is 0 Å². The van der Waals surface area contributed by atoms with Crippen LogP contribution in [0, 0.1) is 13.8 Å². The van der Waals surface area contributed by atoms with Crippen LogP contribution in [0.1, 0.15) is 41.1 Å². The van der Waals surface area contributed by atoms with E-state index in [0.29, 0.717) is 6.61 Å². The number of aromatic nitrogens is 3. The Bertz CT molecular complexity index is 1010. The minimum atomic E-state index is -0.0101. The molecule has 0 spiro atoms. The van der Waals surface area contributed by atoms with Crippen molar-refractivity contribution in [3.63, 3.8) is 0 Å². The maximum absolute atomic E-state index is 5.75. The van der Waals surface area contributed by atoms with Crippen LogP contribution in [0.3, 0.4) is 0 Å². The van der Waals surface area contributed by atoms with Crippen LogP contribution >= 0.6 is 12.2 Å². The highest BCUT2D eigenvalue weighted by Crippen LogP contribution is 2.41. The van der Waals surface area contributed by atoms with Crippen molar-refractivity contribution in [2.75, 3.05) is 20.3 Å². The third-order valence-corrected chi connectivity index (χ3v) is 5.99. The lowest BCUT2D eigenvalue weighted by molar-refractivity contribution is 0.180. The maximum Gasteiger partial charge on any atom is 0.170 e. The second-order valence-electron chi connectivity index (χ2n) is 7.54. The number of thiocarbonyl (C=S) groups is 1. The molecular weight excluding hydrogens is 394 g/mol. The predicted octanol–water partition coefficient (Wildman–Crippen LogP) is 3.89. The molecular formula is C23H27N5OS. The van der Waals surface area contributed by atoms with E-state index in [-0.39, 0.29) is 12.1 Å². The number of hydrogen-bond donors (Lipinski definition) is 1. The van der Waals surface area contributed by atoms with Crippen molar-refractivity contribution in [2.45, 2.75) is 32.4 Å². The highest BCUT2D eigenvalue weighted by Gasteiger charge is 2.41. The van der Waals surface area contributed by atoms with Crippen LogP contribution in [0.2, 0.25) is 0 Å². The minimum Gasteiger partial charge on any atom is -0.385 e. The van der Waals surface area contributed by atoms with Crippen LogP contribution in [0.15, 0.2) is 55.0 Å². The number of methoxy groups -OCH3 is 1. The van der Waals surface area contributed by atoms with Gasteiger partial charge >= 0.3 is 0 Å². The number of rotatable bonds is 7. The van der Waals surface area contributed by atoms with Gasteiger partial charge in [0.15, 0.2) is 5.11 Å². The number of pyridine rings is 2. The van der Waals surface area contributed by atoms with E-state index >= 15 is 0 Å². The van der Waals surface area contributed by atoms with Gasteiger partial charge in [-0.2, -0.15) is 0 Å². The van der Waals surface area contributed by atoms with E-state index in [9.17, 15) is 0 Å². The Morgan fingerprint density at radius 1 is 1.17 bits per heavy atom. The zero-order valence-corrected chi connectivity index (χ0v) is 18.4. The van der Waals surface area contributed by atoms with Crippen LogP contribution < -0.4 is 5.32 Å². The lowest BCUT2D eigenvalue weighted by atomic mass is 9.96. The number of nitrogens with zero attached hydrogens (tertiary/aromatic N) is 4. The summed E-state index contributed by atoms with van der Waals surface area (Å²) < 4.78 is 7.54. The van der Waals surface area contributed by atoms with Crippen LogP contribution in [-0.4, -0.2) is 44.8 Å². The van der Waals surface area contributed by atoms with Gasteiger partial charge in [0.2, 0.25) is 0 Å². The lowest BCUT2D eigenvalue weighted by Crippen LogP contribution is -2.31. The molecule has 0 aromatic carbocycles. The summed E-state index contributed by atoms with van der Waals surface area (Å²) in [5.41, 5.74) is 5.66. The second kappa shape index (κ2) is 8.93. The first-order valence-electron chi connectivity index (χ1n) is 10.2. The quantitative estimate of drug-likeness (QED) is 0.461. The van der Waals surface area contributed by atoms with Gasteiger partial charge in [-0.1, -0.05) is 6.07 Å². The first-order valence-corrected chi connectivity index (χ1v) is 10.6. The second-order valence-corrected chi connectivity index (χ2v) is 7.93. The van der Waals surface area contributed by atoms with Crippen LogP contribution in [0.25, 0.3) is 5.69 Å². The largest absolute Gasteiger partial charge is 0.385 e. The summed E-state index contributed by atoms with van der Waals surface area (Å²) in [6, 6.07) is 12.4. The molecule has 0 aliphatic carbocycles. The molecule has 1 N–H and O–H groups in total. The minimum absolute atomic E-state index is 0.0101. The molecule has 1 saturated heterocycles. The zero-order chi connectivity index (χ0) is 21.1. The number of ether oxygens (including phenoxy) is 1. The lowest BCUT2D eigenvalue weighted by Gasteiger charge is -2.28. The molecule has 156 valence electrons. The van der Waals surface area contributed by atoms with Crippen molar-refractivity contribution in [2.24, 2.45) is 0 Å². The molecule has 0 bridgehead atoms. The first kappa shape index (κ1) is 20.5. The van der Waals surface area contributed by atoms with E-state index in [1.54, 1.807) is 13.3 Å². The normalized spacial score (nSPS) is 18.6. The van der Waals surface area contributed by atoms with Gasteiger partial charge in [-0.3, -0.25) is 9.97 Å². The van der Waals surface area contributed by atoms with E-state index in [1.165, 1.54) is 17.0 Å². The summed E-state index contributed by atoms with van der Waals surface area (Å²) in [5.74, 6) is 0. The van der Waals surface area contributed by atoms with E-state index in [1.807, 2.05) is 30.6 Å². The van der Waals surface area contributed by atoms with Gasteiger partial charge in [0.05, 0.1) is 29.7 Å². The summed E-state index contributed by atoms with van der Waals surface area (Å²) in [5, 5.41) is 4.29. The summed E-state index contributed by atoms with van der Waals surface area (Å²) in [6.45, 7) is 5.83. The monoisotopic (exact) mass is 421 g/mol. The molecule has 3 aromatic rings. The highest BCUT2D eigenvalue weighted by molar-refractivity contribution is 7.80. The van der Waals surface area contributed by atoms with E-state index in [0.717, 1.165) is 29.5 Å². The Morgan fingerprint density at radius 2 is 2.03 bits per heavy atom. The molecule has 3 aromatic heterocycles. The molecule has 0 amide bonds. The Kier molecular flexibility index (Phi) is 6.11. The van der Waals surface area contributed by atoms with Gasteiger partial charge < -0.3 is 19.5 Å². The van der Waals surface area contributed by atoms with Crippen LogP contribution in [0.4, 0.5) is 0 Å². The van der Waals surface area contributed by atoms with Gasteiger partial charge in [0, 0.05) is 44.0 Å². The van der Waals surface area contributed by atoms with Crippen molar-refractivity contribution in [1.29, 1.82) is 0 Å². The Morgan fingerprint density at radius 3 is 2.73 bits per heavy atom. The van der Waals surface area contributed by atoms with Gasteiger partial charge in [-0.15, -0.1) is 0 Å². The first-order chi connectivity index (χ1) is 14.6. The Hall–Kier alpha value is -2.77. The third kappa shape index (κ3) is 3.82. The number of aryl methyl sites for hydroxylation is 1. The van der Waals surface area contributed by atoms with Crippen LogP contribution in [-0.2, 0) is 4.74 Å². The Labute approximate surface area is 182 Å². The SMILES string of the molecule is COCCCN1C(=S)N[C@@H](c2ccccn2)[C@@H]1c1cc(C)n(-c2cccnc2)c1C. The van der Waals surface area contributed by atoms with Crippen molar-refractivity contribution < 1.29 is 4.74 Å². The molecule has 30 heavy (non-hydrogen) atoms. The standard InChI is InChI=1S/C23H27N5OS/c1-16-14-19(17(2)28(16)18-8-6-10-24-15-18)22-21(20-9-4-5-11-25-20)26-23(30)27(22)12-7-13-29-3/h4-6,8-11,14-15,21-22H,7,12-13H2,1-3H3,(H,26,30)/t21-,22-/m0/s1. The van der Waals surface area contributed by atoms with Crippen molar-refractivity contribution >= 4 is 17.3 Å². The fourth-order valence-corrected chi connectivity index (χ4v) is 4.67. The van der Waals surface area contributed by atoms with E-state index < -0.39 is 0 Å². The van der Waals surface area contributed by atoms with Crippen molar-refractivity contribution in [3.8, 4) is 5.69 Å². The fraction of sp³-hybridized carbons (Fsp3) is 0.348. The van der Waals surface area contributed by atoms with Crippen molar-refractivity contribution in [3.05, 3.63) is 77.6 Å². The average Bonchev–Trinajstić information content (AvgIpc) is 3.25. The molecule has 7 heteroatoms. The summed E-state index contributed by atoms with van der Waals surface area (Å²) >= 11 is 5.75. The molecule has 4 heterocycles. The molecule has 0 radical (unpaired) electrons. The molecule has 4 rings (SSSR count). The van der Waals surface area contributed by atoms with Crippen LogP contribution in [0.5, 0.6) is 0 Å². The molecule has 1 aliphatic heterocycles. The van der Waals surface area contributed by atoms with E-state index in [2.05, 4.69) is 56.8 Å². The summed E-state index contributed by atoms with van der Waals surface area (Å²) in [4.78, 5) is 11.2. The van der Waals surface area contributed by atoms with Crippen molar-refractivity contribution in [1.82, 2.24) is 24.8 Å². The smallest absolute Gasteiger partial charge is 0.170 e. The van der Waals surface area contributed by atoms with Gasteiger partial charge in [-0.05, 0) is 68.4 Å². The molecule has 1 aliphatic rings. The van der Waals surface area contributed by atoms with Gasteiger partial charge in [0.1, 0.15) is 0 Å². The highest BCUT2D eigenvalue weighted by atomic mass is 32.1. The molecule has 6 nitrogen and oxygen atoms in total. The summed E-state index contributed by atoms with van der Waals surface area (Å²) in [6.07, 6.45) is 6.44. The molecule has 0 unspecified atom stereocenters. The molecule has 1 fully saturated rings. The fourth-order valence-electron chi connectivity index (χ4n) is 4.33. The Balaban J connectivity index is 1.78. The third-order valence-electron chi connectivity index (χ3n) is 5.64. The zero-order valence-electron chi connectivity index (χ0n) is 17.6. The molecule has 2 atom stereocenters. The van der Waals surface area contributed by atoms with Gasteiger partial charge in [0.25, 0.3) is 0 Å². The average molecular weight is 422 g/mol. The van der Waals surface area contributed by atoms with E-state index in [4.69, 9.17) is 17.0 Å². The summed E-state index contributed by atoms with van der Waals surface area (Å²) in [7, 11) is 1.73.